The summed E-state index contributed by atoms with van der Waals surface area (Å²) in [4.78, 5) is 22.4. The molecule has 1 aromatic carbocycles. The van der Waals surface area contributed by atoms with Gasteiger partial charge in [-0.05, 0) is 30.7 Å². The number of carbonyl (C=O) groups is 2. The van der Waals surface area contributed by atoms with Gasteiger partial charge in [0.2, 0.25) is 0 Å². The van der Waals surface area contributed by atoms with E-state index in [1.807, 2.05) is 6.92 Å². The Morgan fingerprint density at radius 1 is 1.30 bits per heavy atom. The fourth-order valence-corrected chi connectivity index (χ4v) is 1.97. The largest absolute Gasteiger partial charge is 0.478 e. The number of aromatic carboxylic acids is 1. The van der Waals surface area contributed by atoms with Crippen LogP contribution in [0.25, 0.3) is 5.69 Å². The number of nitrogens with zero attached hydrogens (tertiary/aromatic N) is 2. The molecule has 0 unspecified atom stereocenters. The minimum absolute atomic E-state index is 0.185. The van der Waals surface area contributed by atoms with Crippen LogP contribution in [0.3, 0.4) is 0 Å². The molecule has 1 heterocycles. The molecule has 0 bridgehead atoms. The van der Waals surface area contributed by atoms with E-state index in [-0.39, 0.29) is 5.56 Å². The highest BCUT2D eigenvalue weighted by molar-refractivity contribution is 5.90. The van der Waals surface area contributed by atoms with Gasteiger partial charge in [0.1, 0.15) is 5.56 Å². The standard InChI is InChI=1S/C14H14N2O4/c1-3-12-11(13(17)18)8-15-16(12)10-6-4-9(5-7-10)14(19)20-2/h4-8H,3H2,1-2H3,(H,17,18). The molecule has 6 heteroatoms. The molecule has 0 aliphatic rings. The highest BCUT2D eigenvalue weighted by atomic mass is 16.5. The van der Waals surface area contributed by atoms with E-state index in [4.69, 9.17) is 5.11 Å². The van der Waals surface area contributed by atoms with Gasteiger partial charge in [-0.3, -0.25) is 0 Å². The van der Waals surface area contributed by atoms with Gasteiger partial charge in [-0.1, -0.05) is 6.92 Å². The number of hydrogen-bond donors (Lipinski definition) is 1. The molecule has 0 atom stereocenters. The summed E-state index contributed by atoms with van der Waals surface area (Å²) in [5.41, 5.74) is 1.93. The fourth-order valence-electron chi connectivity index (χ4n) is 1.97. The van der Waals surface area contributed by atoms with Crippen LogP contribution in [0.1, 0.15) is 33.3 Å². The second-order valence-electron chi connectivity index (χ2n) is 4.11. The Balaban J connectivity index is 2.42. The van der Waals surface area contributed by atoms with Gasteiger partial charge in [-0.15, -0.1) is 0 Å². The van der Waals surface area contributed by atoms with Crippen LogP contribution in [0, 0.1) is 0 Å². The summed E-state index contributed by atoms with van der Waals surface area (Å²) >= 11 is 0. The van der Waals surface area contributed by atoms with Crippen molar-refractivity contribution in [1.82, 2.24) is 9.78 Å². The molecule has 0 aliphatic heterocycles. The van der Waals surface area contributed by atoms with Gasteiger partial charge in [0.15, 0.2) is 0 Å². The molecular formula is C14H14N2O4. The van der Waals surface area contributed by atoms with E-state index in [1.165, 1.54) is 13.3 Å². The van der Waals surface area contributed by atoms with Gasteiger partial charge < -0.3 is 9.84 Å². The highest BCUT2D eigenvalue weighted by Crippen LogP contribution is 2.16. The first-order valence-corrected chi connectivity index (χ1v) is 6.07. The molecule has 0 aliphatic carbocycles. The highest BCUT2D eigenvalue weighted by Gasteiger charge is 2.16. The summed E-state index contributed by atoms with van der Waals surface area (Å²) in [5, 5.41) is 13.2. The first-order chi connectivity index (χ1) is 9.58. The zero-order valence-electron chi connectivity index (χ0n) is 11.2. The van der Waals surface area contributed by atoms with E-state index in [0.29, 0.717) is 23.4 Å². The number of esters is 1. The Morgan fingerprint density at radius 2 is 1.95 bits per heavy atom. The molecule has 104 valence electrons. The molecule has 2 rings (SSSR count). The van der Waals surface area contributed by atoms with Crippen molar-refractivity contribution >= 4 is 11.9 Å². The third-order valence-corrected chi connectivity index (χ3v) is 2.97. The molecule has 20 heavy (non-hydrogen) atoms. The Morgan fingerprint density at radius 3 is 2.45 bits per heavy atom. The van der Waals surface area contributed by atoms with Gasteiger partial charge in [0, 0.05) is 0 Å². The van der Waals surface area contributed by atoms with Crippen LogP contribution in [-0.2, 0) is 11.2 Å². The molecule has 1 N–H and O–H groups in total. The first kappa shape index (κ1) is 13.8. The van der Waals surface area contributed by atoms with E-state index in [9.17, 15) is 9.59 Å². The topological polar surface area (TPSA) is 81.4 Å². The molecule has 0 amide bonds. The van der Waals surface area contributed by atoms with Gasteiger partial charge in [0.05, 0.1) is 30.3 Å². The number of benzene rings is 1. The summed E-state index contributed by atoms with van der Waals surface area (Å²) in [5.74, 6) is -1.42. The third kappa shape index (κ3) is 2.40. The number of hydrogen-bond acceptors (Lipinski definition) is 4. The van der Waals surface area contributed by atoms with Crippen LogP contribution < -0.4 is 0 Å². The average molecular weight is 274 g/mol. The number of rotatable bonds is 4. The summed E-state index contributed by atoms with van der Waals surface area (Å²) in [7, 11) is 1.32. The van der Waals surface area contributed by atoms with E-state index in [1.54, 1.807) is 28.9 Å². The van der Waals surface area contributed by atoms with Crippen LogP contribution in [0.2, 0.25) is 0 Å². The lowest BCUT2D eigenvalue weighted by atomic mass is 10.2. The molecule has 0 saturated heterocycles. The van der Waals surface area contributed by atoms with Crippen molar-refractivity contribution < 1.29 is 19.4 Å². The quantitative estimate of drug-likeness (QED) is 0.861. The lowest BCUT2D eigenvalue weighted by Crippen LogP contribution is -2.06. The van der Waals surface area contributed by atoms with Crippen molar-refractivity contribution in [2.45, 2.75) is 13.3 Å². The van der Waals surface area contributed by atoms with E-state index < -0.39 is 11.9 Å². The Labute approximate surface area is 115 Å². The molecule has 2 aromatic rings. The van der Waals surface area contributed by atoms with Gasteiger partial charge in [-0.25, -0.2) is 14.3 Å². The van der Waals surface area contributed by atoms with Crippen LogP contribution in [0.5, 0.6) is 0 Å². The molecule has 1 aromatic heterocycles. The van der Waals surface area contributed by atoms with E-state index in [2.05, 4.69) is 9.84 Å². The number of ether oxygens (including phenoxy) is 1. The summed E-state index contributed by atoms with van der Waals surface area (Å²) in [6.45, 7) is 1.86. The predicted molar refractivity (Wildman–Crippen MR) is 71.2 cm³/mol. The number of carboxylic acid groups (broad SMARTS) is 1. The number of methoxy groups -OCH3 is 1. The zero-order valence-corrected chi connectivity index (χ0v) is 11.2. The number of carboxylic acids is 1. The molecular weight excluding hydrogens is 260 g/mol. The molecule has 0 radical (unpaired) electrons. The van der Waals surface area contributed by atoms with E-state index in [0.717, 1.165) is 0 Å². The van der Waals surface area contributed by atoms with Crippen LogP contribution in [-0.4, -0.2) is 33.9 Å². The Bertz CT molecular complexity index is 644. The minimum atomic E-state index is -1.00. The first-order valence-electron chi connectivity index (χ1n) is 6.07. The Hall–Kier alpha value is -2.63. The Kier molecular flexibility index (Phi) is 3.84. The van der Waals surface area contributed by atoms with Crippen molar-refractivity contribution in [3.05, 3.63) is 47.3 Å². The van der Waals surface area contributed by atoms with Crippen molar-refractivity contribution in [2.75, 3.05) is 7.11 Å². The van der Waals surface area contributed by atoms with Crippen molar-refractivity contribution in [3.63, 3.8) is 0 Å². The van der Waals surface area contributed by atoms with Gasteiger partial charge in [-0.2, -0.15) is 5.10 Å². The molecule has 6 nitrogen and oxygen atoms in total. The second kappa shape index (κ2) is 5.56. The lowest BCUT2D eigenvalue weighted by Gasteiger charge is -2.07. The fraction of sp³-hybridized carbons (Fsp3) is 0.214. The average Bonchev–Trinajstić information content (AvgIpc) is 2.90. The van der Waals surface area contributed by atoms with Crippen molar-refractivity contribution in [2.24, 2.45) is 0 Å². The SMILES string of the molecule is CCc1c(C(=O)O)cnn1-c1ccc(C(=O)OC)cc1. The third-order valence-electron chi connectivity index (χ3n) is 2.97. The number of carbonyl (C=O) groups excluding carboxylic acids is 1. The van der Waals surface area contributed by atoms with Crippen LogP contribution in [0.15, 0.2) is 30.5 Å². The maximum absolute atomic E-state index is 11.4. The van der Waals surface area contributed by atoms with Gasteiger partial charge in [0.25, 0.3) is 0 Å². The monoisotopic (exact) mass is 274 g/mol. The maximum Gasteiger partial charge on any atom is 0.339 e. The van der Waals surface area contributed by atoms with Crippen LogP contribution in [0.4, 0.5) is 0 Å². The van der Waals surface area contributed by atoms with Crippen LogP contribution >= 0.6 is 0 Å². The molecule has 0 spiro atoms. The summed E-state index contributed by atoms with van der Waals surface area (Å²) in [6.07, 6.45) is 1.87. The van der Waals surface area contributed by atoms with E-state index >= 15 is 0 Å². The normalized spacial score (nSPS) is 10.3. The lowest BCUT2D eigenvalue weighted by molar-refractivity contribution is 0.0600. The van der Waals surface area contributed by atoms with Gasteiger partial charge >= 0.3 is 11.9 Å². The number of aromatic nitrogens is 2. The minimum Gasteiger partial charge on any atom is -0.478 e. The zero-order chi connectivity index (χ0) is 14.7. The molecule has 0 fully saturated rings. The second-order valence-corrected chi connectivity index (χ2v) is 4.11. The smallest absolute Gasteiger partial charge is 0.339 e. The van der Waals surface area contributed by atoms with Crippen molar-refractivity contribution in [3.8, 4) is 5.69 Å². The predicted octanol–water partition coefficient (Wildman–Crippen LogP) is 1.92. The molecule has 0 saturated carbocycles. The summed E-state index contributed by atoms with van der Waals surface area (Å²) in [6, 6.07) is 6.62. The van der Waals surface area contributed by atoms with Crippen molar-refractivity contribution in [1.29, 1.82) is 0 Å². The maximum atomic E-state index is 11.4. The summed E-state index contributed by atoms with van der Waals surface area (Å²) < 4.78 is 6.18.